The molecule has 0 saturated heterocycles. The van der Waals surface area contributed by atoms with Gasteiger partial charge in [0.2, 0.25) is 5.91 Å². The van der Waals surface area contributed by atoms with Crippen LogP contribution < -0.4 is 11.1 Å². The van der Waals surface area contributed by atoms with Gasteiger partial charge in [-0.3, -0.25) is 4.79 Å². The first kappa shape index (κ1) is 15.3. The van der Waals surface area contributed by atoms with Crippen LogP contribution in [-0.2, 0) is 4.79 Å². The van der Waals surface area contributed by atoms with Gasteiger partial charge in [0.05, 0.1) is 6.04 Å². The van der Waals surface area contributed by atoms with Crippen molar-refractivity contribution in [1.29, 1.82) is 0 Å². The van der Waals surface area contributed by atoms with Gasteiger partial charge >= 0.3 is 0 Å². The number of hydrogen-bond donors (Lipinski definition) is 2. The molecule has 1 aromatic rings. The Balaban J connectivity index is 0.00000162. The van der Waals surface area contributed by atoms with Gasteiger partial charge in [0.1, 0.15) is 0 Å². The van der Waals surface area contributed by atoms with E-state index in [9.17, 15) is 4.79 Å². The zero-order valence-electron chi connectivity index (χ0n) is 10.2. The number of nitrogens with two attached hydrogens (primary N) is 1. The van der Waals surface area contributed by atoms with Gasteiger partial charge in [0.25, 0.3) is 0 Å². The number of fused-ring (bicyclic) bond motifs is 1. The summed E-state index contributed by atoms with van der Waals surface area (Å²) in [6.07, 6.45) is 2.30. The largest absolute Gasteiger partial charge is 0.349 e. The summed E-state index contributed by atoms with van der Waals surface area (Å²) in [5.74, 6) is 1.18. The highest BCUT2D eigenvalue weighted by Gasteiger charge is 2.21. The molecule has 1 aromatic carbocycles. The third kappa shape index (κ3) is 3.90. The van der Waals surface area contributed by atoms with Gasteiger partial charge < -0.3 is 11.1 Å². The minimum absolute atomic E-state index is 0. The topological polar surface area (TPSA) is 55.1 Å². The molecule has 0 saturated carbocycles. The molecule has 0 aromatic heterocycles. The van der Waals surface area contributed by atoms with Crippen molar-refractivity contribution in [2.75, 3.05) is 12.3 Å². The summed E-state index contributed by atoms with van der Waals surface area (Å²) >= 11 is 1.87. The molecule has 2 rings (SSSR count). The van der Waals surface area contributed by atoms with E-state index in [0.717, 1.165) is 18.6 Å². The fourth-order valence-electron chi connectivity index (χ4n) is 2.02. The van der Waals surface area contributed by atoms with E-state index in [1.807, 2.05) is 23.9 Å². The molecule has 1 aliphatic heterocycles. The zero-order valence-corrected chi connectivity index (χ0v) is 11.9. The van der Waals surface area contributed by atoms with E-state index in [0.29, 0.717) is 13.0 Å². The van der Waals surface area contributed by atoms with Crippen molar-refractivity contribution >= 4 is 30.1 Å². The van der Waals surface area contributed by atoms with Crippen LogP contribution in [0.5, 0.6) is 0 Å². The summed E-state index contributed by atoms with van der Waals surface area (Å²) in [5, 5.41) is 3.10. The third-order valence-electron chi connectivity index (χ3n) is 2.90. The molecule has 100 valence electrons. The van der Waals surface area contributed by atoms with Crippen LogP contribution in [0.1, 0.15) is 30.9 Å². The van der Waals surface area contributed by atoms with Crippen LogP contribution in [0.4, 0.5) is 0 Å². The average Bonchev–Trinajstić information content (AvgIpc) is 2.37. The summed E-state index contributed by atoms with van der Waals surface area (Å²) in [7, 11) is 0. The number of carbonyl (C=O) groups excluding carboxylic acids is 1. The summed E-state index contributed by atoms with van der Waals surface area (Å²) in [5.41, 5.74) is 6.66. The Morgan fingerprint density at radius 2 is 2.22 bits per heavy atom. The lowest BCUT2D eigenvalue weighted by atomic mass is 10.0. The first-order chi connectivity index (χ1) is 8.31. The van der Waals surface area contributed by atoms with E-state index in [2.05, 4.69) is 17.4 Å². The minimum Gasteiger partial charge on any atom is -0.349 e. The predicted molar refractivity (Wildman–Crippen MR) is 78.2 cm³/mol. The van der Waals surface area contributed by atoms with Gasteiger partial charge in [0, 0.05) is 17.1 Å². The number of nitrogens with one attached hydrogen (secondary N) is 1. The van der Waals surface area contributed by atoms with E-state index >= 15 is 0 Å². The van der Waals surface area contributed by atoms with Gasteiger partial charge in [-0.1, -0.05) is 18.2 Å². The first-order valence-corrected chi connectivity index (χ1v) is 7.01. The Morgan fingerprint density at radius 1 is 1.44 bits per heavy atom. The summed E-state index contributed by atoms with van der Waals surface area (Å²) in [6, 6.07) is 8.49. The van der Waals surface area contributed by atoms with Gasteiger partial charge in [-0.15, -0.1) is 24.2 Å². The zero-order chi connectivity index (χ0) is 12.1. The maximum absolute atomic E-state index is 11.7. The molecule has 1 atom stereocenters. The second kappa shape index (κ2) is 7.67. The maximum Gasteiger partial charge on any atom is 0.220 e. The molecule has 1 heterocycles. The normalized spacial score (nSPS) is 17.5. The van der Waals surface area contributed by atoms with Crippen LogP contribution in [0.25, 0.3) is 0 Å². The van der Waals surface area contributed by atoms with Crippen LogP contribution >= 0.6 is 24.2 Å². The Kier molecular flexibility index (Phi) is 6.54. The molecule has 5 heteroatoms. The Bertz CT molecular complexity index is 400. The van der Waals surface area contributed by atoms with Gasteiger partial charge in [-0.05, 0) is 31.0 Å². The maximum atomic E-state index is 11.7. The van der Waals surface area contributed by atoms with Crippen molar-refractivity contribution in [3.05, 3.63) is 29.8 Å². The summed E-state index contributed by atoms with van der Waals surface area (Å²) < 4.78 is 0. The van der Waals surface area contributed by atoms with Crippen molar-refractivity contribution in [3.63, 3.8) is 0 Å². The molecule has 3 N–H and O–H groups in total. The number of hydrogen-bond acceptors (Lipinski definition) is 3. The summed E-state index contributed by atoms with van der Waals surface area (Å²) in [4.78, 5) is 13.0. The third-order valence-corrected chi connectivity index (χ3v) is 4.02. The lowest BCUT2D eigenvalue weighted by Gasteiger charge is -2.25. The van der Waals surface area contributed by atoms with E-state index in [4.69, 9.17) is 5.73 Å². The smallest absolute Gasteiger partial charge is 0.220 e. The number of carbonyl (C=O) groups is 1. The van der Waals surface area contributed by atoms with Crippen molar-refractivity contribution in [3.8, 4) is 0 Å². The minimum atomic E-state index is 0. The fourth-order valence-corrected chi connectivity index (χ4v) is 3.15. The van der Waals surface area contributed by atoms with Crippen LogP contribution in [0, 0.1) is 0 Å². The Morgan fingerprint density at radius 3 is 3.00 bits per heavy atom. The molecule has 0 radical (unpaired) electrons. The second-order valence-corrected chi connectivity index (χ2v) is 5.32. The van der Waals surface area contributed by atoms with E-state index in [1.165, 1.54) is 10.5 Å². The predicted octanol–water partition coefficient (Wildman–Crippen LogP) is 2.50. The number of rotatable bonds is 4. The highest BCUT2D eigenvalue weighted by Crippen LogP contribution is 2.35. The molecule has 0 fully saturated rings. The molecule has 18 heavy (non-hydrogen) atoms. The van der Waals surface area contributed by atoms with Crippen LogP contribution in [0.3, 0.4) is 0 Å². The molecule has 1 unspecified atom stereocenters. The highest BCUT2D eigenvalue weighted by molar-refractivity contribution is 7.99. The standard InChI is InChI=1S/C13H18N2OS.ClH/c14-8-3-6-13(16)15-11-7-9-17-12-5-2-1-4-10(11)12;/h1-2,4-5,11H,3,6-9,14H2,(H,15,16);1H. The monoisotopic (exact) mass is 286 g/mol. The van der Waals surface area contributed by atoms with Crippen molar-refractivity contribution in [1.82, 2.24) is 5.32 Å². The Labute approximate surface area is 118 Å². The van der Waals surface area contributed by atoms with Crippen LogP contribution in [0.15, 0.2) is 29.2 Å². The van der Waals surface area contributed by atoms with Crippen molar-refractivity contribution in [2.45, 2.75) is 30.2 Å². The first-order valence-electron chi connectivity index (χ1n) is 6.02. The second-order valence-electron chi connectivity index (χ2n) is 4.19. The number of benzene rings is 1. The molecule has 0 bridgehead atoms. The Hall–Kier alpha value is -0.710. The van der Waals surface area contributed by atoms with Crippen LogP contribution in [0.2, 0.25) is 0 Å². The molecule has 0 spiro atoms. The van der Waals surface area contributed by atoms with E-state index < -0.39 is 0 Å². The van der Waals surface area contributed by atoms with Crippen molar-refractivity contribution in [2.24, 2.45) is 5.73 Å². The SMILES string of the molecule is Cl.NCCCC(=O)NC1CCSc2ccccc21. The molecule has 1 aliphatic rings. The van der Waals surface area contributed by atoms with Gasteiger partial charge in [0.15, 0.2) is 0 Å². The average molecular weight is 287 g/mol. The summed E-state index contributed by atoms with van der Waals surface area (Å²) in [6.45, 7) is 0.574. The molecular weight excluding hydrogens is 268 g/mol. The molecular formula is C13H19ClN2OS. The lowest BCUT2D eigenvalue weighted by Crippen LogP contribution is -2.30. The molecule has 0 aliphatic carbocycles. The van der Waals surface area contributed by atoms with Crippen molar-refractivity contribution < 1.29 is 4.79 Å². The number of thioether (sulfide) groups is 1. The van der Waals surface area contributed by atoms with Crippen LogP contribution in [-0.4, -0.2) is 18.2 Å². The van der Waals surface area contributed by atoms with Gasteiger partial charge in [-0.25, -0.2) is 0 Å². The highest BCUT2D eigenvalue weighted by atomic mass is 35.5. The molecule has 3 nitrogen and oxygen atoms in total. The van der Waals surface area contributed by atoms with E-state index in [-0.39, 0.29) is 24.4 Å². The number of halogens is 1. The quantitative estimate of drug-likeness (QED) is 0.894. The van der Waals surface area contributed by atoms with E-state index in [1.54, 1.807) is 0 Å². The number of amides is 1. The van der Waals surface area contributed by atoms with Gasteiger partial charge in [-0.2, -0.15) is 0 Å². The molecule has 1 amide bonds. The lowest BCUT2D eigenvalue weighted by molar-refractivity contribution is -0.121. The fraction of sp³-hybridized carbons (Fsp3) is 0.462.